The van der Waals surface area contributed by atoms with Crippen LogP contribution < -0.4 is 0 Å². The van der Waals surface area contributed by atoms with E-state index in [9.17, 15) is 0 Å². The molecule has 8 aromatic carbocycles. The van der Waals surface area contributed by atoms with Crippen molar-refractivity contribution in [1.82, 2.24) is 0 Å². The molecule has 0 aliphatic heterocycles. The summed E-state index contributed by atoms with van der Waals surface area (Å²) < 4.78 is 0. The number of rotatable bonds is 3. The smallest absolute Gasteiger partial charge is 0.0159 e. The fourth-order valence-corrected chi connectivity index (χ4v) is 8.14. The van der Waals surface area contributed by atoms with Crippen LogP contribution in [0.4, 0.5) is 0 Å². The van der Waals surface area contributed by atoms with E-state index in [0.717, 1.165) is 0 Å². The molecule has 0 radical (unpaired) electrons. The third kappa shape index (κ3) is 3.87. The van der Waals surface area contributed by atoms with Gasteiger partial charge in [0.2, 0.25) is 0 Å². The highest BCUT2D eigenvalue weighted by atomic mass is 14.4. The minimum absolute atomic E-state index is 0.0565. The Labute approximate surface area is 270 Å². The largest absolute Gasteiger partial charge is 0.0622 e. The zero-order chi connectivity index (χ0) is 31.0. The maximum absolute atomic E-state index is 2.41. The Hall–Kier alpha value is -5.46. The second-order valence-electron chi connectivity index (χ2n) is 13.4. The van der Waals surface area contributed by atoms with Crippen molar-refractivity contribution in [2.24, 2.45) is 0 Å². The average molecular weight is 587 g/mol. The van der Waals surface area contributed by atoms with Crippen LogP contribution in [0.2, 0.25) is 0 Å². The van der Waals surface area contributed by atoms with Gasteiger partial charge in [0.05, 0.1) is 0 Å². The number of fused-ring (bicyclic) bond motifs is 6. The minimum atomic E-state index is -0.0565. The fraction of sp³-hybridized carbons (Fsp3) is 0.0870. The molecule has 0 fully saturated rings. The van der Waals surface area contributed by atoms with Gasteiger partial charge in [-0.1, -0.05) is 159 Å². The van der Waals surface area contributed by atoms with E-state index in [2.05, 4.69) is 172 Å². The average Bonchev–Trinajstić information content (AvgIpc) is 3.33. The molecule has 0 spiro atoms. The monoisotopic (exact) mass is 586 g/mol. The third-order valence-corrected chi connectivity index (χ3v) is 10.3. The SMILES string of the molecule is Cc1ccc2c(-c3cc4ccccc4cc3-c3ccccc3)c3ccccc3c(-c3cccc4c3-c3ccccc3C4(C)C)c2c1. The Morgan fingerprint density at radius 1 is 0.370 bits per heavy atom. The summed E-state index contributed by atoms with van der Waals surface area (Å²) in [5.41, 5.74) is 14.4. The van der Waals surface area contributed by atoms with Gasteiger partial charge in [0.25, 0.3) is 0 Å². The van der Waals surface area contributed by atoms with E-state index in [1.165, 1.54) is 93.5 Å². The van der Waals surface area contributed by atoms with E-state index >= 15 is 0 Å². The lowest BCUT2D eigenvalue weighted by Gasteiger charge is -2.23. The number of aryl methyl sites for hydroxylation is 1. The molecule has 46 heavy (non-hydrogen) atoms. The van der Waals surface area contributed by atoms with Gasteiger partial charge in [-0.25, -0.2) is 0 Å². The van der Waals surface area contributed by atoms with Crippen molar-refractivity contribution in [2.45, 2.75) is 26.2 Å². The molecule has 0 nitrogen and oxygen atoms in total. The Morgan fingerprint density at radius 3 is 1.70 bits per heavy atom. The topological polar surface area (TPSA) is 0 Å². The molecule has 0 unspecified atom stereocenters. The van der Waals surface area contributed by atoms with Crippen LogP contribution in [0.25, 0.3) is 76.8 Å². The van der Waals surface area contributed by atoms with Crippen molar-refractivity contribution in [1.29, 1.82) is 0 Å². The zero-order valence-corrected chi connectivity index (χ0v) is 26.4. The quantitative estimate of drug-likeness (QED) is 0.181. The summed E-state index contributed by atoms with van der Waals surface area (Å²) in [6, 6.07) is 56.5. The predicted octanol–water partition coefficient (Wildman–Crippen LogP) is 12.8. The number of hydrogen-bond acceptors (Lipinski definition) is 0. The van der Waals surface area contributed by atoms with E-state index in [0.29, 0.717) is 0 Å². The molecule has 0 N–H and O–H groups in total. The van der Waals surface area contributed by atoms with E-state index in [1.807, 2.05) is 0 Å². The van der Waals surface area contributed by atoms with Crippen LogP contribution in [0.3, 0.4) is 0 Å². The second kappa shape index (κ2) is 10.0. The molecule has 1 aliphatic rings. The molecule has 0 heteroatoms. The Kier molecular flexibility index (Phi) is 5.86. The van der Waals surface area contributed by atoms with Gasteiger partial charge in [0.15, 0.2) is 0 Å². The molecular formula is C46H34. The van der Waals surface area contributed by atoms with Gasteiger partial charge in [0.1, 0.15) is 0 Å². The van der Waals surface area contributed by atoms with Crippen LogP contribution >= 0.6 is 0 Å². The van der Waals surface area contributed by atoms with E-state index in [4.69, 9.17) is 0 Å². The van der Waals surface area contributed by atoms with Gasteiger partial charge in [-0.05, 0) is 107 Å². The fourth-order valence-electron chi connectivity index (χ4n) is 8.14. The molecule has 0 aromatic heterocycles. The van der Waals surface area contributed by atoms with Gasteiger partial charge >= 0.3 is 0 Å². The Morgan fingerprint density at radius 2 is 0.935 bits per heavy atom. The van der Waals surface area contributed by atoms with E-state index in [-0.39, 0.29) is 5.41 Å². The van der Waals surface area contributed by atoms with E-state index in [1.54, 1.807) is 0 Å². The minimum Gasteiger partial charge on any atom is -0.0622 e. The van der Waals surface area contributed by atoms with Gasteiger partial charge < -0.3 is 0 Å². The van der Waals surface area contributed by atoms with Crippen molar-refractivity contribution in [2.75, 3.05) is 0 Å². The molecule has 9 rings (SSSR count). The zero-order valence-electron chi connectivity index (χ0n) is 26.4. The molecule has 8 aromatic rings. The van der Waals surface area contributed by atoms with Gasteiger partial charge in [0, 0.05) is 5.41 Å². The molecule has 0 bridgehead atoms. The lowest BCUT2D eigenvalue weighted by atomic mass is 9.80. The number of hydrogen-bond donors (Lipinski definition) is 0. The Bertz CT molecular complexity index is 2490. The lowest BCUT2D eigenvalue weighted by molar-refractivity contribution is 0.660. The lowest BCUT2D eigenvalue weighted by Crippen LogP contribution is -2.14. The molecular weight excluding hydrogens is 553 g/mol. The maximum atomic E-state index is 2.41. The van der Waals surface area contributed by atoms with Crippen molar-refractivity contribution in [3.05, 3.63) is 168 Å². The summed E-state index contributed by atoms with van der Waals surface area (Å²) in [7, 11) is 0. The van der Waals surface area contributed by atoms with Gasteiger partial charge in [-0.3, -0.25) is 0 Å². The van der Waals surface area contributed by atoms with Gasteiger partial charge in [-0.15, -0.1) is 0 Å². The van der Waals surface area contributed by atoms with Crippen LogP contribution in [0.5, 0.6) is 0 Å². The van der Waals surface area contributed by atoms with Crippen LogP contribution in [-0.2, 0) is 5.41 Å². The summed E-state index contributed by atoms with van der Waals surface area (Å²) in [4.78, 5) is 0. The van der Waals surface area contributed by atoms with Crippen LogP contribution in [-0.4, -0.2) is 0 Å². The summed E-state index contributed by atoms with van der Waals surface area (Å²) in [6.07, 6.45) is 0. The van der Waals surface area contributed by atoms with Crippen molar-refractivity contribution < 1.29 is 0 Å². The molecule has 0 atom stereocenters. The third-order valence-electron chi connectivity index (χ3n) is 10.3. The van der Waals surface area contributed by atoms with Crippen molar-refractivity contribution in [3.63, 3.8) is 0 Å². The predicted molar refractivity (Wildman–Crippen MR) is 198 cm³/mol. The summed E-state index contributed by atoms with van der Waals surface area (Å²) in [6.45, 7) is 6.96. The number of benzene rings is 8. The second-order valence-corrected chi connectivity index (χ2v) is 13.4. The normalized spacial score (nSPS) is 13.3. The van der Waals surface area contributed by atoms with E-state index < -0.39 is 0 Å². The maximum Gasteiger partial charge on any atom is 0.0159 e. The highest BCUT2D eigenvalue weighted by Crippen LogP contribution is 2.55. The van der Waals surface area contributed by atoms with Crippen LogP contribution in [0, 0.1) is 6.92 Å². The van der Waals surface area contributed by atoms with Crippen molar-refractivity contribution in [3.8, 4) is 44.5 Å². The molecule has 0 amide bonds. The molecule has 0 heterocycles. The Balaban J connectivity index is 1.45. The molecule has 218 valence electrons. The summed E-state index contributed by atoms with van der Waals surface area (Å²) in [5.74, 6) is 0. The van der Waals surface area contributed by atoms with Gasteiger partial charge in [-0.2, -0.15) is 0 Å². The standard InChI is InChI=1S/C46H34/c1-29-24-25-35-39(26-29)44(37-21-13-23-42-45(37)36-20-11-12-22-41(36)46(42,2)3)34-19-10-9-18-33(34)43(35)40-28-32-17-8-7-16-31(32)27-38(40)30-14-5-4-6-15-30/h4-28H,1-3H3. The first-order valence-electron chi connectivity index (χ1n) is 16.3. The molecule has 0 saturated heterocycles. The first-order valence-corrected chi connectivity index (χ1v) is 16.3. The van der Waals surface area contributed by atoms with Crippen LogP contribution in [0.15, 0.2) is 152 Å². The first kappa shape index (κ1) is 26.9. The summed E-state index contributed by atoms with van der Waals surface area (Å²) in [5, 5.41) is 7.67. The summed E-state index contributed by atoms with van der Waals surface area (Å²) >= 11 is 0. The molecule has 1 aliphatic carbocycles. The van der Waals surface area contributed by atoms with Crippen molar-refractivity contribution >= 4 is 32.3 Å². The highest BCUT2D eigenvalue weighted by molar-refractivity contribution is 6.24. The van der Waals surface area contributed by atoms with Crippen LogP contribution in [0.1, 0.15) is 30.5 Å². The first-order chi connectivity index (χ1) is 22.5. The highest BCUT2D eigenvalue weighted by Gasteiger charge is 2.37. The molecule has 0 saturated carbocycles.